The molecule has 2 rings (SSSR count). The third kappa shape index (κ3) is 4.79. The van der Waals surface area contributed by atoms with Crippen molar-refractivity contribution >= 4 is 17.6 Å². The van der Waals surface area contributed by atoms with Gasteiger partial charge in [0.1, 0.15) is 6.04 Å². The number of carboxylic acid groups (broad SMARTS) is 1. The molecule has 1 unspecified atom stereocenters. The Kier molecular flexibility index (Phi) is 6.11. The molecular weight excluding hydrogens is 318 g/mol. The lowest BCUT2D eigenvalue weighted by atomic mass is 10.0. The Morgan fingerprint density at radius 3 is 2.40 bits per heavy atom. The smallest absolute Gasteiger partial charge is 0.326 e. The van der Waals surface area contributed by atoms with E-state index in [2.05, 4.69) is 10.3 Å². The summed E-state index contributed by atoms with van der Waals surface area (Å²) in [5.74, 6) is -1.46. The summed E-state index contributed by atoms with van der Waals surface area (Å²) < 4.78 is 0. The van der Waals surface area contributed by atoms with Crippen LogP contribution in [0.2, 0.25) is 0 Å². The summed E-state index contributed by atoms with van der Waals surface area (Å²) >= 11 is 0. The molecule has 2 aromatic rings. The molecule has 1 heterocycles. The number of amides is 1. The third-order valence-electron chi connectivity index (χ3n) is 3.90. The molecule has 0 aliphatic heterocycles. The number of nitrogens with one attached hydrogen (secondary N) is 1. The SMILES string of the molecule is CCCC(NC(=O)c1cncc(-c2ccc(N(C)C)cc2)c1)C(=O)O. The molecule has 0 saturated heterocycles. The van der Waals surface area contributed by atoms with Gasteiger partial charge in [-0.05, 0) is 30.2 Å². The highest BCUT2D eigenvalue weighted by atomic mass is 16.4. The van der Waals surface area contributed by atoms with Crippen LogP contribution in [0.5, 0.6) is 0 Å². The maximum Gasteiger partial charge on any atom is 0.326 e. The zero-order valence-corrected chi connectivity index (χ0v) is 14.7. The molecule has 0 fully saturated rings. The number of nitrogens with zero attached hydrogens (tertiary/aromatic N) is 2. The number of carbonyl (C=O) groups excluding carboxylic acids is 1. The van der Waals surface area contributed by atoms with Gasteiger partial charge in [-0.25, -0.2) is 4.79 Å². The minimum absolute atomic E-state index is 0.344. The van der Waals surface area contributed by atoms with Crippen LogP contribution in [0.25, 0.3) is 11.1 Å². The van der Waals surface area contributed by atoms with Crippen molar-refractivity contribution < 1.29 is 14.7 Å². The summed E-state index contributed by atoms with van der Waals surface area (Å²) in [4.78, 5) is 29.7. The molecule has 132 valence electrons. The van der Waals surface area contributed by atoms with Crippen LogP contribution < -0.4 is 10.2 Å². The van der Waals surface area contributed by atoms with Crippen molar-refractivity contribution in [2.45, 2.75) is 25.8 Å². The van der Waals surface area contributed by atoms with Crippen molar-refractivity contribution in [3.05, 3.63) is 48.3 Å². The number of hydrogen-bond acceptors (Lipinski definition) is 4. The first kappa shape index (κ1) is 18.4. The molecule has 25 heavy (non-hydrogen) atoms. The van der Waals surface area contributed by atoms with Crippen LogP contribution in [0.3, 0.4) is 0 Å². The second-order valence-electron chi connectivity index (χ2n) is 6.06. The molecular formula is C19H23N3O3. The molecule has 0 aliphatic rings. The predicted octanol–water partition coefficient (Wildman–Crippen LogP) is 2.80. The molecule has 2 N–H and O–H groups in total. The van der Waals surface area contributed by atoms with Gasteiger partial charge in [-0.1, -0.05) is 25.5 Å². The molecule has 1 aromatic carbocycles. The summed E-state index contributed by atoms with van der Waals surface area (Å²) in [6.45, 7) is 1.88. The van der Waals surface area contributed by atoms with Crippen molar-refractivity contribution in [1.29, 1.82) is 0 Å². The van der Waals surface area contributed by atoms with Crippen LogP contribution in [0.15, 0.2) is 42.7 Å². The minimum Gasteiger partial charge on any atom is -0.480 e. The monoisotopic (exact) mass is 341 g/mol. The summed E-state index contributed by atoms with van der Waals surface area (Å²) in [6.07, 6.45) is 4.19. The van der Waals surface area contributed by atoms with Crippen LogP contribution in [0.4, 0.5) is 5.69 Å². The van der Waals surface area contributed by atoms with Gasteiger partial charge in [0, 0.05) is 37.7 Å². The highest BCUT2D eigenvalue weighted by Crippen LogP contribution is 2.22. The van der Waals surface area contributed by atoms with Crippen LogP contribution >= 0.6 is 0 Å². The lowest BCUT2D eigenvalue weighted by molar-refractivity contribution is -0.139. The topological polar surface area (TPSA) is 82.5 Å². The molecule has 0 aliphatic carbocycles. The van der Waals surface area contributed by atoms with E-state index in [4.69, 9.17) is 5.11 Å². The fraction of sp³-hybridized carbons (Fsp3) is 0.316. The molecule has 1 atom stereocenters. The fourth-order valence-corrected chi connectivity index (χ4v) is 2.46. The molecule has 6 nitrogen and oxygen atoms in total. The Hall–Kier alpha value is -2.89. The summed E-state index contributed by atoms with van der Waals surface area (Å²) in [5.41, 5.74) is 3.17. The molecule has 6 heteroatoms. The molecule has 1 amide bonds. The quantitative estimate of drug-likeness (QED) is 0.809. The molecule has 1 aromatic heterocycles. The third-order valence-corrected chi connectivity index (χ3v) is 3.90. The van der Waals surface area contributed by atoms with Crippen molar-refractivity contribution in [3.8, 4) is 11.1 Å². The molecule has 0 saturated carbocycles. The Morgan fingerprint density at radius 1 is 1.16 bits per heavy atom. The van der Waals surface area contributed by atoms with Crippen molar-refractivity contribution in [1.82, 2.24) is 10.3 Å². The van der Waals surface area contributed by atoms with E-state index in [0.717, 1.165) is 16.8 Å². The summed E-state index contributed by atoms with van der Waals surface area (Å²) in [7, 11) is 3.94. The maximum atomic E-state index is 12.3. The van der Waals surface area contributed by atoms with Gasteiger partial charge in [-0.2, -0.15) is 0 Å². The Bertz CT molecular complexity index is 742. The Labute approximate surface area is 147 Å². The van der Waals surface area contributed by atoms with Gasteiger partial charge >= 0.3 is 5.97 Å². The van der Waals surface area contributed by atoms with Gasteiger partial charge in [0.15, 0.2) is 0 Å². The van der Waals surface area contributed by atoms with E-state index in [1.807, 2.05) is 50.2 Å². The zero-order chi connectivity index (χ0) is 18.4. The van der Waals surface area contributed by atoms with Crippen LogP contribution in [-0.4, -0.2) is 42.1 Å². The van der Waals surface area contributed by atoms with E-state index >= 15 is 0 Å². The first-order chi connectivity index (χ1) is 11.9. The number of rotatable bonds is 7. The number of aliphatic carboxylic acids is 1. The second-order valence-corrected chi connectivity index (χ2v) is 6.06. The molecule has 0 radical (unpaired) electrons. The number of aromatic nitrogens is 1. The van der Waals surface area contributed by atoms with E-state index in [0.29, 0.717) is 18.4 Å². The van der Waals surface area contributed by atoms with E-state index in [-0.39, 0.29) is 0 Å². The van der Waals surface area contributed by atoms with Crippen molar-refractivity contribution in [2.24, 2.45) is 0 Å². The number of carboxylic acids is 1. The molecule has 0 bridgehead atoms. The lowest BCUT2D eigenvalue weighted by Crippen LogP contribution is -2.40. The first-order valence-electron chi connectivity index (χ1n) is 8.19. The van der Waals surface area contributed by atoms with Gasteiger partial charge < -0.3 is 15.3 Å². The van der Waals surface area contributed by atoms with Gasteiger partial charge in [0.2, 0.25) is 0 Å². The number of pyridine rings is 1. The van der Waals surface area contributed by atoms with E-state index < -0.39 is 17.9 Å². The van der Waals surface area contributed by atoms with E-state index in [1.165, 1.54) is 6.20 Å². The highest BCUT2D eigenvalue weighted by molar-refractivity contribution is 5.97. The van der Waals surface area contributed by atoms with E-state index in [1.54, 1.807) is 12.3 Å². The van der Waals surface area contributed by atoms with Gasteiger partial charge in [0.05, 0.1) is 5.56 Å². The molecule has 0 spiro atoms. The standard InChI is InChI=1S/C19H23N3O3/c1-4-5-17(19(24)25)21-18(23)15-10-14(11-20-12-15)13-6-8-16(9-7-13)22(2)3/h6-12,17H,4-5H2,1-3H3,(H,21,23)(H,24,25). The second kappa shape index (κ2) is 8.28. The Morgan fingerprint density at radius 2 is 1.84 bits per heavy atom. The average molecular weight is 341 g/mol. The summed E-state index contributed by atoms with van der Waals surface area (Å²) in [5, 5.41) is 11.7. The number of anilines is 1. The number of hydrogen-bond donors (Lipinski definition) is 2. The van der Waals surface area contributed by atoms with Gasteiger partial charge in [0.25, 0.3) is 5.91 Å². The maximum absolute atomic E-state index is 12.3. The highest BCUT2D eigenvalue weighted by Gasteiger charge is 2.20. The predicted molar refractivity (Wildman–Crippen MR) is 97.8 cm³/mol. The van der Waals surface area contributed by atoms with Gasteiger partial charge in [-0.3, -0.25) is 9.78 Å². The average Bonchev–Trinajstić information content (AvgIpc) is 2.61. The van der Waals surface area contributed by atoms with Crippen LogP contribution in [0, 0.1) is 0 Å². The number of benzene rings is 1. The number of carbonyl (C=O) groups is 2. The first-order valence-corrected chi connectivity index (χ1v) is 8.19. The van der Waals surface area contributed by atoms with Crippen molar-refractivity contribution in [3.63, 3.8) is 0 Å². The minimum atomic E-state index is -1.03. The fourth-order valence-electron chi connectivity index (χ4n) is 2.46. The zero-order valence-electron chi connectivity index (χ0n) is 14.7. The largest absolute Gasteiger partial charge is 0.480 e. The Balaban J connectivity index is 2.20. The normalized spacial score (nSPS) is 11.6. The van der Waals surface area contributed by atoms with Crippen LogP contribution in [-0.2, 0) is 4.79 Å². The van der Waals surface area contributed by atoms with E-state index in [9.17, 15) is 9.59 Å². The summed E-state index contributed by atoms with van der Waals surface area (Å²) in [6, 6.07) is 8.74. The van der Waals surface area contributed by atoms with Crippen LogP contribution in [0.1, 0.15) is 30.1 Å². The lowest BCUT2D eigenvalue weighted by Gasteiger charge is -2.14. The van der Waals surface area contributed by atoms with Gasteiger partial charge in [-0.15, -0.1) is 0 Å². The van der Waals surface area contributed by atoms with Crippen molar-refractivity contribution in [2.75, 3.05) is 19.0 Å².